The van der Waals surface area contributed by atoms with Crippen LogP contribution in [0.5, 0.6) is 11.5 Å². The van der Waals surface area contributed by atoms with Crippen LogP contribution in [0.3, 0.4) is 0 Å². The monoisotopic (exact) mass is 340 g/mol. The van der Waals surface area contributed by atoms with Crippen LogP contribution < -0.4 is 4.74 Å². The fourth-order valence-electron chi connectivity index (χ4n) is 2.16. The second-order valence-corrected chi connectivity index (χ2v) is 5.35. The zero-order chi connectivity index (χ0) is 16.9. The summed E-state index contributed by atoms with van der Waals surface area (Å²) in [6.45, 7) is 2.53. The number of aromatic nitrogens is 3. The van der Waals surface area contributed by atoms with Gasteiger partial charge >= 0.3 is 0 Å². The molecule has 0 fully saturated rings. The number of nitrogens with one attached hydrogen (secondary N) is 1. The standard InChI is InChI=1S/C17H16N4O2S/c1-2-23-15-5-3-4-13(10-15)16-19-20-17(24)21(16)18-11-12-6-8-14(22)9-7-12/h3-11,22H,2H2,1H3,(H,20,24)/b18-11-. The molecule has 2 aromatic carbocycles. The molecule has 3 aromatic rings. The van der Waals surface area contributed by atoms with Crippen LogP contribution >= 0.6 is 12.2 Å². The van der Waals surface area contributed by atoms with Gasteiger partial charge in [0.05, 0.1) is 12.8 Å². The predicted octanol–water partition coefficient (Wildman–Crippen LogP) is 3.59. The third-order valence-corrected chi connectivity index (χ3v) is 3.53. The van der Waals surface area contributed by atoms with E-state index in [-0.39, 0.29) is 5.75 Å². The second kappa shape index (κ2) is 7.10. The Morgan fingerprint density at radius 2 is 2.08 bits per heavy atom. The Balaban J connectivity index is 1.95. The van der Waals surface area contributed by atoms with E-state index in [0.29, 0.717) is 17.2 Å². The maximum absolute atomic E-state index is 9.32. The Morgan fingerprint density at radius 1 is 1.29 bits per heavy atom. The molecule has 0 unspecified atom stereocenters. The molecule has 0 saturated heterocycles. The highest BCUT2D eigenvalue weighted by molar-refractivity contribution is 7.71. The van der Waals surface area contributed by atoms with E-state index in [1.165, 1.54) is 0 Å². The number of aromatic hydroxyl groups is 1. The van der Waals surface area contributed by atoms with Crippen LogP contribution in [0, 0.1) is 4.77 Å². The zero-order valence-corrected chi connectivity index (χ0v) is 13.8. The number of hydrogen-bond donors (Lipinski definition) is 2. The topological polar surface area (TPSA) is 75.4 Å². The molecule has 122 valence electrons. The minimum Gasteiger partial charge on any atom is -0.508 e. The van der Waals surface area contributed by atoms with Gasteiger partial charge in [0.1, 0.15) is 11.5 Å². The number of hydrogen-bond acceptors (Lipinski definition) is 5. The lowest BCUT2D eigenvalue weighted by molar-refractivity contribution is 0.340. The molecular formula is C17H16N4O2S. The summed E-state index contributed by atoms with van der Waals surface area (Å²) in [5, 5.41) is 20.7. The number of benzene rings is 2. The van der Waals surface area contributed by atoms with Gasteiger partial charge in [0, 0.05) is 5.56 Å². The number of phenolic OH excluding ortho intramolecular Hbond substituents is 1. The molecule has 2 N–H and O–H groups in total. The minimum atomic E-state index is 0.209. The van der Waals surface area contributed by atoms with Crippen molar-refractivity contribution in [2.24, 2.45) is 5.10 Å². The quantitative estimate of drug-likeness (QED) is 0.550. The summed E-state index contributed by atoms with van der Waals surface area (Å²) in [7, 11) is 0. The van der Waals surface area contributed by atoms with Crippen LogP contribution in [0.15, 0.2) is 53.6 Å². The van der Waals surface area contributed by atoms with E-state index in [4.69, 9.17) is 17.0 Å². The lowest BCUT2D eigenvalue weighted by Gasteiger charge is -2.05. The predicted molar refractivity (Wildman–Crippen MR) is 95.1 cm³/mol. The third kappa shape index (κ3) is 3.52. The molecule has 0 spiro atoms. The fraction of sp³-hybridized carbons (Fsp3) is 0.118. The van der Waals surface area contributed by atoms with E-state index >= 15 is 0 Å². The lowest BCUT2D eigenvalue weighted by Crippen LogP contribution is -1.96. The molecule has 0 saturated carbocycles. The van der Waals surface area contributed by atoms with Crippen molar-refractivity contribution in [3.8, 4) is 22.9 Å². The van der Waals surface area contributed by atoms with Crippen molar-refractivity contribution < 1.29 is 9.84 Å². The van der Waals surface area contributed by atoms with E-state index in [1.807, 2.05) is 31.2 Å². The average molecular weight is 340 g/mol. The normalized spacial score (nSPS) is 11.0. The minimum absolute atomic E-state index is 0.209. The van der Waals surface area contributed by atoms with Crippen LogP contribution in [0.25, 0.3) is 11.4 Å². The van der Waals surface area contributed by atoms with Gasteiger partial charge in [-0.1, -0.05) is 12.1 Å². The van der Waals surface area contributed by atoms with E-state index in [9.17, 15) is 5.11 Å². The van der Waals surface area contributed by atoms with Crippen molar-refractivity contribution in [2.45, 2.75) is 6.92 Å². The fourth-order valence-corrected chi connectivity index (χ4v) is 2.34. The first-order valence-electron chi connectivity index (χ1n) is 7.41. The Labute approximate surface area is 144 Å². The molecule has 3 rings (SSSR count). The van der Waals surface area contributed by atoms with Crippen molar-refractivity contribution in [1.29, 1.82) is 0 Å². The lowest BCUT2D eigenvalue weighted by atomic mass is 10.2. The van der Waals surface area contributed by atoms with Crippen LogP contribution in [-0.2, 0) is 0 Å². The Hall–Kier alpha value is -2.93. The highest BCUT2D eigenvalue weighted by Gasteiger charge is 2.09. The van der Waals surface area contributed by atoms with Crippen LogP contribution in [0.4, 0.5) is 0 Å². The molecule has 1 aromatic heterocycles. The first-order chi connectivity index (χ1) is 11.7. The van der Waals surface area contributed by atoms with Gasteiger partial charge in [0.15, 0.2) is 5.82 Å². The zero-order valence-electron chi connectivity index (χ0n) is 13.0. The van der Waals surface area contributed by atoms with Crippen molar-refractivity contribution in [2.75, 3.05) is 6.61 Å². The van der Waals surface area contributed by atoms with Gasteiger partial charge < -0.3 is 9.84 Å². The van der Waals surface area contributed by atoms with E-state index < -0.39 is 0 Å². The molecule has 0 aliphatic rings. The van der Waals surface area contributed by atoms with E-state index in [2.05, 4.69) is 15.3 Å². The third-order valence-electron chi connectivity index (χ3n) is 3.27. The summed E-state index contributed by atoms with van der Waals surface area (Å²) in [5.74, 6) is 1.56. The van der Waals surface area contributed by atoms with Gasteiger partial charge in [-0.05, 0) is 61.1 Å². The number of ether oxygens (including phenoxy) is 1. The summed E-state index contributed by atoms with van der Waals surface area (Å²) in [6, 6.07) is 14.3. The SMILES string of the molecule is CCOc1cccc(-c2n[nH]c(=S)n2/N=C\c2ccc(O)cc2)c1. The highest BCUT2D eigenvalue weighted by Crippen LogP contribution is 2.22. The molecule has 0 amide bonds. The molecule has 0 bridgehead atoms. The number of phenols is 1. The largest absolute Gasteiger partial charge is 0.508 e. The summed E-state index contributed by atoms with van der Waals surface area (Å²) in [4.78, 5) is 0. The number of aromatic amines is 1. The molecule has 0 atom stereocenters. The van der Waals surface area contributed by atoms with Gasteiger partial charge in [-0.3, -0.25) is 0 Å². The maximum Gasteiger partial charge on any atom is 0.216 e. The number of rotatable bonds is 5. The highest BCUT2D eigenvalue weighted by atomic mass is 32.1. The van der Waals surface area contributed by atoms with Gasteiger partial charge in [-0.25, -0.2) is 5.10 Å². The summed E-state index contributed by atoms with van der Waals surface area (Å²) in [5.41, 5.74) is 1.68. The Kier molecular flexibility index (Phi) is 4.72. The summed E-state index contributed by atoms with van der Waals surface area (Å²) >= 11 is 5.25. The molecule has 1 heterocycles. The summed E-state index contributed by atoms with van der Waals surface area (Å²) < 4.78 is 7.46. The van der Waals surface area contributed by atoms with Crippen molar-refractivity contribution >= 4 is 18.4 Å². The smallest absolute Gasteiger partial charge is 0.216 e. The molecule has 0 aliphatic carbocycles. The van der Waals surface area contributed by atoms with E-state index in [1.54, 1.807) is 35.2 Å². The molecule has 6 nitrogen and oxygen atoms in total. The average Bonchev–Trinajstić information content (AvgIpc) is 2.96. The van der Waals surface area contributed by atoms with Crippen molar-refractivity contribution in [3.63, 3.8) is 0 Å². The molecule has 7 heteroatoms. The van der Waals surface area contributed by atoms with Crippen LogP contribution in [-0.4, -0.2) is 32.8 Å². The first kappa shape index (κ1) is 15.9. The van der Waals surface area contributed by atoms with E-state index in [0.717, 1.165) is 16.9 Å². The van der Waals surface area contributed by atoms with Gasteiger partial charge in [0.25, 0.3) is 0 Å². The molecule has 0 radical (unpaired) electrons. The number of nitrogens with zero attached hydrogens (tertiary/aromatic N) is 3. The van der Waals surface area contributed by atoms with Crippen molar-refractivity contribution in [3.05, 3.63) is 58.9 Å². The van der Waals surface area contributed by atoms with Crippen LogP contribution in [0.1, 0.15) is 12.5 Å². The Morgan fingerprint density at radius 3 is 2.83 bits per heavy atom. The van der Waals surface area contributed by atoms with Crippen molar-refractivity contribution in [1.82, 2.24) is 14.9 Å². The van der Waals surface area contributed by atoms with Gasteiger partial charge in [0.2, 0.25) is 4.77 Å². The molecular weight excluding hydrogens is 324 g/mol. The second-order valence-electron chi connectivity index (χ2n) is 4.96. The first-order valence-corrected chi connectivity index (χ1v) is 7.82. The number of H-pyrrole nitrogens is 1. The van der Waals surface area contributed by atoms with Crippen LogP contribution in [0.2, 0.25) is 0 Å². The Bertz CT molecular complexity index is 913. The summed E-state index contributed by atoms with van der Waals surface area (Å²) in [6.07, 6.45) is 1.65. The molecule has 24 heavy (non-hydrogen) atoms. The van der Waals surface area contributed by atoms with Gasteiger partial charge in [-0.2, -0.15) is 14.9 Å². The van der Waals surface area contributed by atoms with Gasteiger partial charge in [-0.15, -0.1) is 0 Å². The maximum atomic E-state index is 9.32. The molecule has 0 aliphatic heterocycles.